The number of benzene rings is 1. The lowest BCUT2D eigenvalue weighted by molar-refractivity contribution is -0.117. The average Bonchev–Trinajstić information content (AvgIpc) is 2.19. The van der Waals surface area contributed by atoms with Crippen LogP contribution in [0.25, 0.3) is 0 Å². The van der Waals surface area contributed by atoms with Gasteiger partial charge in [-0.3, -0.25) is 4.79 Å². The molecule has 1 amide bonds. The monoisotopic (exact) mass is 223 g/mol. The molecule has 0 fully saturated rings. The molecule has 2 atom stereocenters. The first kappa shape index (κ1) is 11.1. The maximum absolute atomic E-state index is 13.7. The molecular weight excluding hydrogens is 209 g/mol. The summed E-state index contributed by atoms with van der Waals surface area (Å²) < 4.78 is 13.7. The minimum atomic E-state index is -0.698. The predicted octanol–water partition coefficient (Wildman–Crippen LogP) is 2.00. The molecule has 3 nitrogen and oxygen atoms in total. The van der Waals surface area contributed by atoms with Crippen LogP contribution in [0.5, 0.6) is 0 Å². The van der Waals surface area contributed by atoms with Gasteiger partial charge in [0, 0.05) is 18.5 Å². The first-order valence-electron chi connectivity index (χ1n) is 5.28. The van der Waals surface area contributed by atoms with Gasteiger partial charge in [-0.05, 0) is 19.4 Å². The Kier molecular flexibility index (Phi) is 2.68. The lowest BCUT2D eigenvalue weighted by atomic mass is 9.93. The van der Waals surface area contributed by atoms with E-state index in [2.05, 4.69) is 0 Å². The zero-order chi connectivity index (χ0) is 11.9. The number of hydrogen-bond acceptors (Lipinski definition) is 2. The van der Waals surface area contributed by atoms with Crippen molar-refractivity contribution in [1.29, 1.82) is 0 Å². The Morgan fingerprint density at radius 1 is 1.56 bits per heavy atom. The van der Waals surface area contributed by atoms with Gasteiger partial charge in [-0.2, -0.15) is 0 Å². The van der Waals surface area contributed by atoms with Gasteiger partial charge in [0.25, 0.3) is 0 Å². The topological polar surface area (TPSA) is 40.5 Å². The molecule has 1 aromatic rings. The van der Waals surface area contributed by atoms with Crippen molar-refractivity contribution in [2.75, 3.05) is 4.90 Å². The molecule has 0 aromatic heterocycles. The number of nitrogens with zero attached hydrogens (tertiary/aromatic N) is 1. The molecule has 0 spiro atoms. The number of para-hydroxylation sites is 1. The van der Waals surface area contributed by atoms with Gasteiger partial charge in [-0.25, -0.2) is 4.39 Å². The van der Waals surface area contributed by atoms with Crippen LogP contribution >= 0.6 is 0 Å². The maximum Gasteiger partial charge on any atom is 0.224 e. The van der Waals surface area contributed by atoms with Gasteiger partial charge >= 0.3 is 0 Å². The number of fused-ring (bicyclic) bond motifs is 1. The fourth-order valence-corrected chi connectivity index (χ4v) is 2.30. The van der Waals surface area contributed by atoms with Crippen LogP contribution < -0.4 is 4.90 Å². The van der Waals surface area contributed by atoms with Crippen LogP contribution in [0.2, 0.25) is 0 Å². The smallest absolute Gasteiger partial charge is 0.224 e. The number of aliphatic hydroxyl groups excluding tert-OH is 1. The third-order valence-corrected chi connectivity index (χ3v) is 2.96. The molecular formula is C12H14FNO2. The second-order valence-electron chi connectivity index (χ2n) is 4.17. The van der Waals surface area contributed by atoms with E-state index in [-0.39, 0.29) is 17.6 Å². The Morgan fingerprint density at radius 2 is 2.25 bits per heavy atom. The van der Waals surface area contributed by atoms with Crippen LogP contribution in [-0.2, 0) is 4.79 Å². The van der Waals surface area contributed by atoms with Crippen LogP contribution in [0.3, 0.4) is 0 Å². The standard InChI is InChI=1S/C12H14FNO2/c1-7-6-11(16)9-4-3-5-10(13)12(9)14(7)8(2)15/h3-5,7,11,16H,6H2,1-2H3/t7-,11+/m1/s1. The third kappa shape index (κ3) is 1.59. The number of amides is 1. The highest BCUT2D eigenvalue weighted by atomic mass is 19.1. The fraction of sp³-hybridized carbons (Fsp3) is 0.417. The second-order valence-corrected chi connectivity index (χ2v) is 4.17. The minimum absolute atomic E-state index is 0.183. The average molecular weight is 223 g/mol. The van der Waals surface area contributed by atoms with Crippen molar-refractivity contribution < 1.29 is 14.3 Å². The van der Waals surface area contributed by atoms with Crippen LogP contribution in [0.15, 0.2) is 18.2 Å². The third-order valence-electron chi connectivity index (χ3n) is 2.96. The van der Waals surface area contributed by atoms with Crippen molar-refractivity contribution in [2.24, 2.45) is 0 Å². The quantitative estimate of drug-likeness (QED) is 0.730. The van der Waals surface area contributed by atoms with Crippen molar-refractivity contribution in [3.63, 3.8) is 0 Å². The second kappa shape index (κ2) is 3.87. The van der Waals surface area contributed by atoms with Crippen LogP contribution in [0.1, 0.15) is 31.9 Å². The van der Waals surface area contributed by atoms with E-state index in [1.54, 1.807) is 19.1 Å². The molecule has 0 saturated heterocycles. The number of carbonyl (C=O) groups is 1. The summed E-state index contributed by atoms with van der Waals surface area (Å²) in [5.41, 5.74) is 0.717. The fourth-order valence-electron chi connectivity index (χ4n) is 2.30. The molecule has 1 N–H and O–H groups in total. The molecule has 1 aliphatic rings. The predicted molar refractivity (Wildman–Crippen MR) is 58.6 cm³/mol. The Bertz CT molecular complexity index is 433. The van der Waals surface area contributed by atoms with Crippen LogP contribution in [0.4, 0.5) is 10.1 Å². The summed E-state index contributed by atoms with van der Waals surface area (Å²) in [5, 5.41) is 9.85. The van der Waals surface area contributed by atoms with Crippen molar-refractivity contribution in [1.82, 2.24) is 0 Å². The van der Waals surface area contributed by atoms with E-state index >= 15 is 0 Å². The number of aliphatic hydroxyl groups is 1. The number of carbonyl (C=O) groups excluding carboxylic acids is 1. The highest BCUT2D eigenvalue weighted by molar-refractivity contribution is 5.93. The summed E-state index contributed by atoms with van der Waals surface area (Å²) in [5.74, 6) is -0.663. The highest BCUT2D eigenvalue weighted by Gasteiger charge is 2.33. The van der Waals surface area contributed by atoms with Gasteiger partial charge in [-0.1, -0.05) is 12.1 Å². The molecule has 16 heavy (non-hydrogen) atoms. The molecule has 0 bridgehead atoms. The molecule has 4 heteroatoms. The van der Waals surface area contributed by atoms with Gasteiger partial charge < -0.3 is 10.0 Å². The van der Waals surface area contributed by atoms with Gasteiger partial charge in [0.2, 0.25) is 5.91 Å². The van der Waals surface area contributed by atoms with E-state index in [1.165, 1.54) is 17.9 Å². The summed E-state index contributed by atoms with van der Waals surface area (Å²) in [6, 6.07) is 4.33. The lowest BCUT2D eigenvalue weighted by Gasteiger charge is -2.37. The van der Waals surface area contributed by atoms with E-state index in [1.807, 2.05) is 0 Å². The van der Waals surface area contributed by atoms with Crippen molar-refractivity contribution in [3.8, 4) is 0 Å². The summed E-state index contributed by atoms with van der Waals surface area (Å²) >= 11 is 0. The molecule has 2 rings (SSSR count). The Balaban J connectivity index is 2.61. The van der Waals surface area contributed by atoms with Crippen molar-refractivity contribution in [3.05, 3.63) is 29.6 Å². The Hall–Kier alpha value is -1.42. The summed E-state index contributed by atoms with van der Waals surface area (Å²) in [4.78, 5) is 12.9. The van der Waals surface area contributed by atoms with E-state index in [9.17, 15) is 14.3 Å². The largest absolute Gasteiger partial charge is 0.388 e. The van der Waals surface area contributed by atoms with E-state index in [4.69, 9.17) is 0 Å². The SMILES string of the molecule is CC(=O)N1c2c(F)cccc2[C@@H](O)C[C@H]1C. The molecule has 0 radical (unpaired) electrons. The first-order valence-corrected chi connectivity index (χ1v) is 5.28. The van der Waals surface area contributed by atoms with Crippen LogP contribution in [-0.4, -0.2) is 17.1 Å². The molecule has 1 aromatic carbocycles. The first-order chi connectivity index (χ1) is 7.52. The van der Waals surface area contributed by atoms with Gasteiger partial charge in [0.15, 0.2) is 0 Å². The highest BCUT2D eigenvalue weighted by Crippen LogP contribution is 2.38. The molecule has 1 heterocycles. The van der Waals surface area contributed by atoms with E-state index in [0.717, 1.165) is 0 Å². The normalized spacial score (nSPS) is 24.1. The van der Waals surface area contributed by atoms with E-state index in [0.29, 0.717) is 12.0 Å². The number of hydrogen-bond donors (Lipinski definition) is 1. The van der Waals surface area contributed by atoms with Crippen LogP contribution in [0, 0.1) is 5.82 Å². The number of halogens is 1. The van der Waals surface area contributed by atoms with Gasteiger partial charge in [0.1, 0.15) is 5.82 Å². The number of rotatable bonds is 0. The molecule has 0 saturated carbocycles. The minimum Gasteiger partial charge on any atom is -0.388 e. The van der Waals surface area contributed by atoms with Gasteiger partial charge in [-0.15, -0.1) is 0 Å². The summed E-state index contributed by atoms with van der Waals surface area (Å²) in [6.07, 6.45) is -0.257. The molecule has 86 valence electrons. The van der Waals surface area contributed by atoms with Gasteiger partial charge in [0.05, 0.1) is 11.8 Å². The summed E-state index contributed by atoms with van der Waals surface area (Å²) in [7, 11) is 0. The zero-order valence-corrected chi connectivity index (χ0v) is 9.27. The Labute approximate surface area is 93.5 Å². The lowest BCUT2D eigenvalue weighted by Crippen LogP contribution is -2.42. The van der Waals surface area contributed by atoms with Crippen molar-refractivity contribution in [2.45, 2.75) is 32.4 Å². The molecule has 0 aliphatic carbocycles. The molecule has 0 unspecified atom stereocenters. The maximum atomic E-state index is 13.7. The number of anilines is 1. The zero-order valence-electron chi connectivity index (χ0n) is 9.27. The van der Waals surface area contributed by atoms with E-state index < -0.39 is 11.9 Å². The van der Waals surface area contributed by atoms with Crippen molar-refractivity contribution >= 4 is 11.6 Å². The Morgan fingerprint density at radius 3 is 2.88 bits per heavy atom. The summed E-state index contributed by atoms with van der Waals surface area (Å²) in [6.45, 7) is 3.21. The molecule has 1 aliphatic heterocycles.